The van der Waals surface area contributed by atoms with Gasteiger partial charge in [0.25, 0.3) is 0 Å². The first-order chi connectivity index (χ1) is 9.06. The molecule has 0 aliphatic rings. The quantitative estimate of drug-likeness (QED) is 0.873. The molecule has 2 rings (SSSR count). The van der Waals surface area contributed by atoms with E-state index in [2.05, 4.69) is 9.97 Å². The number of hydrogen-bond acceptors (Lipinski definition) is 3. The summed E-state index contributed by atoms with van der Waals surface area (Å²) in [7, 11) is 0. The van der Waals surface area contributed by atoms with Crippen molar-refractivity contribution in [2.24, 2.45) is 0 Å². The Balaban J connectivity index is 2.12. The molecule has 0 atom stereocenters. The standard InChI is InChI=1S/C14H13Cl2N3/c1-9-12(13(16)19-14(17)18-9)4-2-3-10-5-7-11(15)8-6-10/h2-3,5-8H,4H2,1H3,(H2,17,18,19). The Morgan fingerprint density at radius 1 is 1.16 bits per heavy atom. The highest BCUT2D eigenvalue weighted by Crippen LogP contribution is 2.19. The van der Waals surface area contributed by atoms with Crippen LogP contribution in [0.3, 0.4) is 0 Å². The number of hydrogen-bond donors (Lipinski definition) is 1. The Morgan fingerprint density at radius 2 is 1.84 bits per heavy atom. The van der Waals surface area contributed by atoms with E-state index in [0.717, 1.165) is 21.8 Å². The Labute approximate surface area is 122 Å². The number of aryl methyl sites for hydroxylation is 1. The molecule has 0 aliphatic carbocycles. The Morgan fingerprint density at radius 3 is 2.47 bits per heavy atom. The molecule has 1 heterocycles. The molecule has 1 aromatic carbocycles. The lowest BCUT2D eigenvalue weighted by Crippen LogP contribution is -2.01. The molecule has 2 N–H and O–H groups in total. The van der Waals surface area contributed by atoms with E-state index in [0.29, 0.717) is 11.6 Å². The van der Waals surface area contributed by atoms with Crippen LogP contribution < -0.4 is 5.73 Å². The first-order valence-corrected chi connectivity index (χ1v) is 6.52. The zero-order valence-corrected chi connectivity index (χ0v) is 11.9. The van der Waals surface area contributed by atoms with Crippen LogP contribution in [0, 0.1) is 6.92 Å². The van der Waals surface area contributed by atoms with Crippen LogP contribution in [0.25, 0.3) is 6.08 Å². The second-order valence-corrected chi connectivity index (χ2v) is 4.89. The number of anilines is 1. The van der Waals surface area contributed by atoms with Crippen molar-refractivity contribution in [3.63, 3.8) is 0 Å². The van der Waals surface area contributed by atoms with Gasteiger partial charge in [-0.15, -0.1) is 0 Å². The summed E-state index contributed by atoms with van der Waals surface area (Å²) in [6, 6.07) is 7.61. The molecule has 0 saturated carbocycles. The summed E-state index contributed by atoms with van der Waals surface area (Å²) in [6.45, 7) is 1.87. The van der Waals surface area contributed by atoms with E-state index >= 15 is 0 Å². The van der Waals surface area contributed by atoms with Gasteiger partial charge in [0.1, 0.15) is 5.15 Å². The summed E-state index contributed by atoms with van der Waals surface area (Å²) in [6.07, 6.45) is 4.67. The van der Waals surface area contributed by atoms with Gasteiger partial charge in [-0.05, 0) is 31.0 Å². The fourth-order valence-electron chi connectivity index (χ4n) is 1.70. The molecule has 98 valence electrons. The van der Waals surface area contributed by atoms with E-state index < -0.39 is 0 Å². The van der Waals surface area contributed by atoms with Gasteiger partial charge in [-0.2, -0.15) is 0 Å². The van der Waals surface area contributed by atoms with Gasteiger partial charge in [0, 0.05) is 16.3 Å². The molecular formula is C14H13Cl2N3. The smallest absolute Gasteiger partial charge is 0.221 e. The van der Waals surface area contributed by atoms with Gasteiger partial charge >= 0.3 is 0 Å². The highest BCUT2D eigenvalue weighted by molar-refractivity contribution is 6.30. The van der Waals surface area contributed by atoms with Crippen molar-refractivity contribution in [2.75, 3.05) is 5.73 Å². The minimum atomic E-state index is 0.202. The van der Waals surface area contributed by atoms with E-state index in [4.69, 9.17) is 28.9 Å². The van der Waals surface area contributed by atoms with Gasteiger partial charge in [-0.25, -0.2) is 9.97 Å². The Hall–Kier alpha value is -1.58. The van der Waals surface area contributed by atoms with Gasteiger partial charge in [-0.1, -0.05) is 47.5 Å². The minimum Gasteiger partial charge on any atom is -0.368 e. The van der Waals surface area contributed by atoms with Crippen molar-refractivity contribution in [1.82, 2.24) is 9.97 Å². The van der Waals surface area contributed by atoms with Crippen LogP contribution in [-0.2, 0) is 6.42 Å². The average Bonchev–Trinajstić information content (AvgIpc) is 2.34. The molecule has 1 aromatic heterocycles. The predicted octanol–water partition coefficient (Wildman–Crippen LogP) is 3.93. The predicted molar refractivity (Wildman–Crippen MR) is 80.4 cm³/mol. The average molecular weight is 294 g/mol. The van der Waals surface area contributed by atoms with Gasteiger partial charge < -0.3 is 5.73 Å². The number of nitrogens with two attached hydrogens (primary N) is 1. The normalized spacial score (nSPS) is 11.1. The number of benzene rings is 1. The maximum absolute atomic E-state index is 6.05. The number of halogens is 2. The van der Waals surface area contributed by atoms with Gasteiger partial charge in [0.2, 0.25) is 5.95 Å². The largest absolute Gasteiger partial charge is 0.368 e. The van der Waals surface area contributed by atoms with E-state index in [9.17, 15) is 0 Å². The minimum absolute atomic E-state index is 0.202. The number of nitrogen functional groups attached to an aromatic ring is 1. The van der Waals surface area contributed by atoms with Crippen LogP contribution in [0.1, 0.15) is 16.8 Å². The first kappa shape index (κ1) is 13.8. The highest BCUT2D eigenvalue weighted by atomic mass is 35.5. The molecule has 0 fully saturated rings. The zero-order chi connectivity index (χ0) is 13.8. The fourth-order valence-corrected chi connectivity index (χ4v) is 2.13. The van der Waals surface area contributed by atoms with E-state index in [1.54, 1.807) is 0 Å². The lowest BCUT2D eigenvalue weighted by atomic mass is 10.1. The monoisotopic (exact) mass is 293 g/mol. The van der Waals surface area contributed by atoms with Gasteiger partial charge in [-0.3, -0.25) is 0 Å². The molecule has 5 heteroatoms. The van der Waals surface area contributed by atoms with E-state index in [1.165, 1.54) is 0 Å². The lowest BCUT2D eigenvalue weighted by molar-refractivity contribution is 1.04. The second-order valence-electron chi connectivity index (χ2n) is 4.09. The molecule has 3 nitrogen and oxygen atoms in total. The van der Waals surface area contributed by atoms with Gasteiger partial charge in [0.05, 0.1) is 0 Å². The molecular weight excluding hydrogens is 281 g/mol. The van der Waals surface area contributed by atoms with Crippen LogP contribution in [0.2, 0.25) is 10.2 Å². The van der Waals surface area contributed by atoms with Crippen molar-refractivity contribution in [1.29, 1.82) is 0 Å². The maximum Gasteiger partial charge on any atom is 0.221 e. The van der Waals surface area contributed by atoms with Crippen molar-refractivity contribution in [2.45, 2.75) is 13.3 Å². The molecule has 0 aliphatic heterocycles. The third-order valence-corrected chi connectivity index (χ3v) is 3.25. The van der Waals surface area contributed by atoms with Crippen LogP contribution in [-0.4, -0.2) is 9.97 Å². The van der Waals surface area contributed by atoms with Crippen molar-refractivity contribution in [3.8, 4) is 0 Å². The summed E-state index contributed by atoms with van der Waals surface area (Å²) in [5.41, 5.74) is 8.30. The number of aromatic nitrogens is 2. The third-order valence-electron chi connectivity index (χ3n) is 2.68. The lowest BCUT2D eigenvalue weighted by Gasteiger charge is -2.05. The topological polar surface area (TPSA) is 51.8 Å². The van der Waals surface area contributed by atoms with Crippen LogP contribution in [0.15, 0.2) is 30.3 Å². The van der Waals surface area contributed by atoms with Crippen molar-refractivity contribution < 1.29 is 0 Å². The second kappa shape index (κ2) is 6.04. The number of nitrogens with zero attached hydrogens (tertiary/aromatic N) is 2. The summed E-state index contributed by atoms with van der Waals surface area (Å²) in [5, 5.41) is 1.13. The Bertz CT molecular complexity index is 584. The number of allylic oxidation sites excluding steroid dienone is 1. The maximum atomic E-state index is 6.05. The molecule has 2 aromatic rings. The molecule has 0 saturated heterocycles. The number of rotatable bonds is 3. The van der Waals surface area contributed by atoms with E-state index in [-0.39, 0.29) is 5.95 Å². The first-order valence-electron chi connectivity index (χ1n) is 5.77. The molecule has 0 spiro atoms. The fraction of sp³-hybridized carbons (Fsp3) is 0.143. The van der Waals surface area contributed by atoms with Crippen LogP contribution in [0.4, 0.5) is 5.95 Å². The molecule has 0 amide bonds. The van der Waals surface area contributed by atoms with Crippen molar-refractivity contribution >= 4 is 35.2 Å². The summed E-state index contributed by atoms with van der Waals surface area (Å²) >= 11 is 11.9. The molecule has 19 heavy (non-hydrogen) atoms. The van der Waals surface area contributed by atoms with Crippen LogP contribution in [0.5, 0.6) is 0 Å². The summed E-state index contributed by atoms with van der Waals surface area (Å²) < 4.78 is 0. The zero-order valence-electron chi connectivity index (χ0n) is 10.4. The molecule has 0 unspecified atom stereocenters. The van der Waals surface area contributed by atoms with Crippen molar-refractivity contribution in [3.05, 3.63) is 57.3 Å². The molecule has 0 bridgehead atoms. The van der Waals surface area contributed by atoms with Gasteiger partial charge in [0.15, 0.2) is 0 Å². The SMILES string of the molecule is Cc1nc(N)nc(Cl)c1CC=Cc1ccc(Cl)cc1. The Kier molecular flexibility index (Phi) is 4.40. The highest BCUT2D eigenvalue weighted by Gasteiger charge is 2.06. The summed E-state index contributed by atoms with van der Waals surface area (Å²) in [4.78, 5) is 8.05. The third kappa shape index (κ3) is 3.69. The summed E-state index contributed by atoms with van der Waals surface area (Å²) in [5.74, 6) is 0.202. The van der Waals surface area contributed by atoms with E-state index in [1.807, 2.05) is 43.3 Å². The van der Waals surface area contributed by atoms with Crippen LogP contribution >= 0.6 is 23.2 Å². The molecule has 0 radical (unpaired) electrons.